The van der Waals surface area contributed by atoms with E-state index in [0.29, 0.717) is 41.0 Å². The fraction of sp³-hybridized carbons (Fsp3) is 0.583. The van der Waals surface area contributed by atoms with Crippen molar-refractivity contribution in [3.05, 3.63) is 31.9 Å². The molecule has 3 heterocycles. The maximum Gasteiger partial charge on any atom is 0.270 e. The number of hydrogen-bond acceptors (Lipinski definition) is 7. The summed E-state index contributed by atoms with van der Waals surface area (Å²) in [5, 5.41) is 9.78. The highest BCUT2D eigenvalue weighted by atomic mass is 32.2. The van der Waals surface area contributed by atoms with Crippen molar-refractivity contribution in [3.63, 3.8) is 0 Å². The van der Waals surface area contributed by atoms with Gasteiger partial charge in [0, 0.05) is 31.7 Å². The van der Waals surface area contributed by atoms with Crippen molar-refractivity contribution >= 4 is 46.1 Å². The standard InChI is InChI=1S/C24H32N4O3S2/c1-7-8-27-21(26-12-15(4)31-16(5)13-26)18(17(6)19(10-25)22(27)29)9-20-23(30)28(11-14(2)3)24(32)33-20/h9,14-16H,7-8,11-13H2,1-6H3. The fourth-order valence-electron chi connectivity index (χ4n) is 4.42. The minimum atomic E-state index is -0.289. The van der Waals surface area contributed by atoms with E-state index in [1.54, 1.807) is 16.4 Å². The zero-order valence-electron chi connectivity index (χ0n) is 20.2. The molecule has 33 heavy (non-hydrogen) atoms. The Morgan fingerprint density at radius 1 is 1.27 bits per heavy atom. The topological polar surface area (TPSA) is 78.6 Å². The first kappa shape index (κ1) is 25.5. The number of nitriles is 1. The summed E-state index contributed by atoms with van der Waals surface area (Å²) in [7, 11) is 0. The lowest BCUT2D eigenvalue weighted by Crippen LogP contribution is -2.48. The number of amides is 1. The molecule has 0 bridgehead atoms. The number of morpholine rings is 1. The monoisotopic (exact) mass is 488 g/mol. The third kappa shape index (κ3) is 5.18. The van der Waals surface area contributed by atoms with Crippen molar-refractivity contribution in [2.75, 3.05) is 24.5 Å². The van der Waals surface area contributed by atoms with E-state index in [1.165, 1.54) is 11.8 Å². The van der Waals surface area contributed by atoms with Crippen molar-refractivity contribution in [2.45, 2.75) is 66.7 Å². The molecular weight excluding hydrogens is 456 g/mol. The van der Waals surface area contributed by atoms with E-state index in [1.807, 2.05) is 40.7 Å². The van der Waals surface area contributed by atoms with Gasteiger partial charge in [0.2, 0.25) is 0 Å². The first-order valence-electron chi connectivity index (χ1n) is 11.4. The third-order valence-electron chi connectivity index (χ3n) is 5.71. The number of thiocarbonyl (C=S) groups is 1. The van der Waals surface area contributed by atoms with Gasteiger partial charge < -0.3 is 9.64 Å². The Bertz CT molecular complexity index is 1080. The van der Waals surface area contributed by atoms with Crippen LogP contribution in [0.3, 0.4) is 0 Å². The molecule has 0 radical (unpaired) electrons. The van der Waals surface area contributed by atoms with Crippen LogP contribution in [0.5, 0.6) is 0 Å². The number of aromatic nitrogens is 1. The maximum atomic E-state index is 13.3. The first-order chi connectivity index (χ1) is 15.6. The zero-order chi connectivity index (χ0) is 24.4. The lowest BCUT2D eigenvalue weighted by atomic mass is 10.0. The molecule has 2 aliphatic rings. The molecule has 178 valence electrons. The van der Waals surface area contributed by atoms with Gasteiger partial charge in [-0.25, -0.2) is 0 Å². The highest BCUT2D eigenvalue weighted by molar-refractivity contribution is 8.26. The molecule has 2 unspecified atom stereocenters. The van der Waals surface area contributed by atoms with E-state index in [2.05, 4.69) is 11.0 Å². The van der Waals surface area contributed by atoms with E-state index in [0.717, 1.165) is 17.8 Å². The lowest BCUT2D eigenvalue weighted by molar-refractivity contribution is -0.122. The van der Waals surface area contributed by atoms with E-state index in [4.69, 9.17) is 17.0 Å². The normalized spacial score (nSPS) is 22.5. The van der Waals surface area contributed by atoms with E-state index < -0.39 is 0 Å². The van der Waals surface area contributed by atoms with E-state index in [9.17, 15) is 14.9 Å². The molecule has 2 aliphatic heterocycles. The molecule has 0 spiro atoms. The van der Waals surface area contributed by atoms with Crippen LogP contribution >= 0.6 is 24.0 Å². The van der Waals surface area contributed by atoms with Crippen molar-refractivity contribution in [3.8, 4) is 6.07 Å². The molecular formula is C24H32N4O3S2. The van der Waals surface area contributed by atoms with Crippen molar-refractivity contribution in [1.82, 2.24) is 9.47 Å². The van der Waals surface area contributed by atoms with Gasteiger partial charge in [-0.15, -0.1) is 0 Å². The molecule has 9 heteroatoms. The second-order valence-electron chi connectivity index (χ2n) is 9.15. The lowest BCUT2D eigenvalue weighted by Gasteiger charge is -2.39. The summed E-state index contributed by atoms with van der Waals surface area (Å²) in [6.07, 6.45) is 2.55. The van der Waals surface area contributed by atoms with Gasteiger partial charge in [-0.05, 0) is 44.7 Å². The molecule has 0 saturated carbocycles. The summed E-state index contributed by atoms with van der Waals surface area (Å²) in [4.78, 5) is 30.8. The van der Waals surface area contributed by atoms with E-state index in [-0.39, 0.29) is 35.2 Å². The second kappa shape index (κ2) is 10.4. The Morgan fingerprint density at radius 2 is 1.91 bits per heavy atom. The van der Waals surface area contributed by atoms with Crippen LogP contribution in [0.15, 0.2) is 9.70 Å². The van der Waals surface area contributed by atoms with Gasteiger partial charge in [0.25, 0.3) is 11.5 Å². The first-order valence-corrected chi connectivity index (χ1v) is 12.6. The second-order valence-corrected chi connectivity index (χ2v) is 10.8. The number of ether oxygens (including phenoxy) is 1. The zero-order valence-corrected chi connectivity index (χ0v) is 21.8. The summed E-state index contributed by atoms with van der Waals surface area (Å²) in [6.45, 7) is 14.2. The average molecular weight is 489 g/mol. The molecule has 2 fully saturated rings. The number of hydrogen-bond donors (Lipinski definition) is 0. The molecule has 1 amide bonds. The van der Waals surface area contributed by atoms with Crippen molar-refractivity contribution in [1.29, 1.82) is 5.26 Å². The summed E-state index contributed by atoms with van der Waals surface area (Å²) >= 11 is 6.76. The van der Waals surface area contributed by atoms with Gasteiger partial charge in [-0.3, -0.25) is 19.1 Å². The SMILES string of the molecule is CCCn1c(N2CC(C)OC(C)C2)c(C=C2SC(=S)N(CC(C)C)C2=O)c(C)c(C#N)c1=O. The largest absolute Gasteiger partial charge is 0.372 e. The summed E-state index contributed by atoms with van der Waals surface area (Å²) in [5.41, 5.74) is 1.14. The highest BCUT2D eigenvalue weighted by Crippen LogP contribution is 2.36. The molecule has 0 aromatic carbocycles. The quantitative estimate of drug-likeness (QED) is 0.444. The van der Waals surface area contributed by atoms with E-state index >= 15 is 0 Å². The van der Waals surface area contributed by atoms with Crippen LogP contribution in [0, 0.1) is 24.2 Å². The maximum absolute atomic E-state index is 13.3. The number of nitrogens with zero attached hydrogens (tertiary/aromatic N) is 4. The van der Waals surface area contributed by atoms with Gasteiger partial charge in [-0.2, -0.15) is 5.26 Å². The average Bonchev–Trinajstić information content (AvgIpc) is 2.98. The minimum absolute atomic E-state index is 0.00743. The van der Waals surface area contributed by atoms with Crippen LogP contribution in [0.4, 0.5) is 5.82 Å². The van der Waals surface area contributed by atoms with Gasteiger partial charge in [0.05, 0.1) is 17.1 Å². The summed E-state index contributed by atoms with van der Waals surface area (Å²) < 4.78 is 8.15. The molecule has 3 rings (SSSR count). The number of pyridine rings is 1. The van der Waals surface area contributed by atoms with Crippen LogP contribution in [0.1, 0.15) is 57.7 Å². The Kier molecular flexibility index (Phi) is 8.04. The van der Waals surface area contributed by atoms with Crippen LogP contribution in [0.2, 0.25) is 0 Å². The van der Waals surface area contributed by atoms with Crippen LogP contribution in [-0.2, 0) is 16.1 Å². The number of carbonyl (C=O) groups excluding carboxylic acids is 1. The Labute approximate surface area is 205 Å². The van der Waals surface area contributed by atoms with Crippen molar-refractivity contribution in [2.24, 2.45) is 5.92 Å². The number of thioether (sulfide) groups is 1. The number of carbonyl (C=O) groups is 1. The molecule has 0 N–H and O–H groups in total. The molecule has 2 atom stereocenters. The molecule has 2 saturated heterocycles. The van der Waals surface area contributed by atoms with Gasteiger partial charge in [-0.1, -0.05) is 44.8 Å². The Morgan fingerprint density at radius 3 is 2.45 bits per heavy atom. The van der Waals surface area contributed by atoms with Crippen LogP contribution in [0.25, 0.3) is 6.08 Å². The predicted octanol–water partition coefficient (Wildman–Crippen LogP) is 3.91. The third-order valence-corrected chi connectivity index (χ3v) is 7.09. The fourth-order valence-corrected chi connectivity index (χ4v) is 5.68. The molecule has 1 aromatic rings. The number of rotatable bonds is 6. The summed E-state index contributed by atoms with van der Waals surface area (Å²) in [5.74, 6) is 0.908. The van der Waals surface area contributed by atoms with Gasteiger partial charge in [0.1, 0.15) is 21.8 Å². The Hall–Kier alpha value is -2.15. The van der Waals surface area contributed by atoms with Crippen molar-refractivity contribution < 1.29 is 9.53 Å². The van der Waals surface area contributed by atoms with Gasteiger partial charge >= 0.3 is 0 Å². The predicted molar refractivity (Wildman–Crippen MR) is 137 cm³/mol. The molecule has 7 nitrogen and oxygen atoms in total. The van der Waals surface area contributed by atoms with Crippen LogP contribution < -0.4 is 10.5 Å². The highest BCUT2D eigenvalue weighted by Gasteiger charge is 2.34. The summed E-state index contributed by atoms with van der Waals surface area (Å²) in [6, 6.07) is 2.10. The Balaban J connectivity index is 2.24. The smallest absolute Gasteiger partial charge is 0.270 e. The van der Waals surface area contributed by atoms with Gasteiger partial charge in [0.15, 0.2) is 0 Å². The number of anilines is 1. The van der Waals surface area contributed by atoms with Crippen LogP contribution in [-0.4, -0.2) is 51.5 Å². The molecule has 0 aliphatic carbocycles. The molecule has 1 aromatic heterocycles. The minimum Gasteiger partial charge on any atom is -0.372 e.